The number of sulfonamides is 1. The summed E-state index contributed by atoms with van der Waals surface area (Å²) < 4.78 is 55.5. The van der Waals surface area contributed by atoms with Crippen molar-refractivity contribution < 1.29 is 22.0 Å². The summed E-state index contributed by atoms with van der Waals surface area (Å²) in [6, 6.07) is 16.1. The molecule has 0 radical (unpaired) electrons. The zero-order valence-electron chi connectivity index (χ0n) is 18.8. The molecule has 0 unspecified atom stereocenters. The van der Waals surface area contributed by atoms with Gasteiger partial charge in [0.1, 0.15) is 23.3 Å². The van der Waals surface area contributed by atoms with Gasteiger partial charge in [-0.05, 0) is 55.0 Å². The van der Waals surface area contributed by atoms with Gasteiger partial charge in [0.15, 0.2) is 0 Å². The number of nitrogens with one attached hydrogen (secondary N) is 1. The number of carbonyl (C=O) groups excluding carboxylic acids is 1. The summed E-state index contributed by atoms with van der Waals surface area (Å²) in [6.07, 6.45) is 0. The minimum atomic E-state index is -4.05. The fourth-order valence-electron chi connectivity index (χ4n) is 3.89. The molecular weight excluding hydrogens is 474 g/mol. The van der Waals surface area contributed by atoms with Gasteiger partial charge in [0.2, 0.25) is 0 Å². The van der Waals surface area contributed by atoms with Gasteiger partial charge in [-0.3, -0.25) is 9.52 Å². The Morgan fingerprint density at radius 2 is 1.69 bits per heavy atom. The molecule has 4 rings (SSSR count). The van der Waals surface area contributed by atoms with Crippen molar-refractivity contribution in [1.82, 2.24) is 4.90 Å². The number of hydrogen-bond donors (Lipinski definition) is 1. The maximum atomic E-state index is 14.0. The first-order valence-corrected chi connectivity index (χ1v) is 12.3. The number of nitrogens with zero attached hydrogens (tertiary/aromatic N) is 3. The first kappa shape index (κ1) is 24.2. The van der Waals surface area contributed by atoms with Crippen LogP contribution in [0.1, 0.15) is 21.5 Å². The average molecular weight is 497 g/mol. The molecular formula is C25H22F2N4O3S. The molecule has 0 aromatic heterocycles. The van der Waals surface area contributed by atoms with E-state index >= 15 is 0 Å². The van der Waals surface area contributed by atoms with Crippen molar-refractivity contribution >= 4 is 27.3 Å². The monoisotopic (exact) mass is 496 g/mol. The van der Waals surface area contributed by atoms with Crippen molar-refractivity contribution in [2.24, 2.45) is 0 Å². The Hall–Kier alpha value is -3.97. The number of halogens is 2. The minimum absolute atomic E-state index is 0.0271. The molecule has 7 nitrogen and oxygen atoms in total. The lowest BCUT2D eigenvalue weighted by Crippen LogP contribution is -2.49. The van der Waals surface area contributed by atoms with Gasteiger partial charge in [-0.2, -0.15) is 5.26 Å². The molecule has 0 atom stereocenters. The van der Waals surface area contributed by atoms with Crippen molar-refractivity contribution in [2.45, 2.75) is 11.8 Å². The molecule has 3 aromatic carbocycles. The van der Waals surface area contributed by atoms with Crippen LogP contribution >= 0.6 is 0 Å². The number of anilines is 2. The van der Waals surface area contributed by atoms with E-state index in [1.807, 2.05) is 11.0 Å². The molecule has 0 spiro atoms. The van der Waals surface area contributed by atoms with E-state index in [0.29, 0.717) is 37.4 Å². The summed E-state index contributed by atoms with van der Waals surface area (Å²) >= 11 is 0. The van der Waals surface area contributed by atoms with Crippen LogP contribution in [0.2, 0.25) is 0 Å². The lowest BCUT2D eigenvalue weighted by atomic mass is 10.1. The standard InChI is InChI=1S/C25H22F2N4O3S/c1-17-8-9-20(15-23(17)27)35(33,34)29-19-5-2-4-18(14-19)25(32)31-12-10-30(11-13-31)24-7-3-6-22(26)21(24)16-28/h2-9,14-15,29H,10-13H2,1H3. The van der Waals surface area contributed by atoms with Gasteiger partial charge in [-0.15, -0.1) is 0 Å². The Balaban J connectivity index is 1.46. The van der Waals surface area contributed by atoms with E-state index in [0.717, 1.165) is 6.07 Å². The zero-order valence-corrected chi connectivity index (χ0v) is 19.6. The molecule has 1 aliphatic heterocycles. The third-order valence-corrected chi connectivity index (χ3v) is 7.21. The van der Waals surface area contributed by atoms with Gasteiger partial charge >= 0.3 is 0 Å². The smallest absolute Gasteiger partial charge is 0.261 e. The number of amides is 1. The quantitative estimate of drug-likeness (QED) is 0.578. The van der Waals surface area contributed by atoms with Crippen LogP contribution in [-0.2, 0) is 10.0 Å². The first-order chi connectivity index (χ1) is 16.7. The molecule has 1 fully saturated rings. The summed E-state index contributed by atoms with van der Waals surface area (Å²) in [5.74, 6) is -1.50. The minimum Gasteiger partial charge on any atom is -0.367 e. The van der Waals surface area contributed by atoms with Crippen LogP contribution in [0.25, 0.3) is 0 Å². The molecule has 0 aliphatic carbocycles. The van der Waals surface area contributed by atoms with Gasteiger partial charge in [-0.25, -0.2) is 17.2 Å². The fourth-order valence-corrected chi connectivity index (χ4v) is 4.95. The number of aryl methyl sites for hydroxylation is 1. The van der Waals surface area contributed by atoms with Crippen LogP contribution in [0.4, 0.5) is 20.2 Å². The number of benzene rings is 3. The van der Waals surface area contributed by atoms with E-state index in [-0.39, 0.29) is 27.6 Å². The molecule has 180 valence electrons. The van der Waals surface area contributed by atoms with Crippen molar-refractivity contribution in [3.63, 3.8) is 0 Å². The second kappa shape index (κ2) is 9.72. The summed E-state index contributed by atoms with van der Waals surface area (Å²) in [4.78, 5) is 16.3. The highest BCUT2D eigenvalue weighted by Gasteiger charge is 2.25. The van der Waals surface area contributed by atoms with E-state index < -0.39 is 21.7 Å². The van der Waals surface area contributed by atoms with Crippen LogP contribution in [0.15, 0.2) is 65.6 Å². The Morgan fingerprint density at radius 3 is 2.37 bits per heavy atom. The normalized spacial score (nSPS) is 13.9. The lowest BCUT2D eigenvalue weighted by Gasteiger charge is -2.36. The van der Waals surface area contributed by atoms with E-state index in [1.165, 1.54) is 37.3 Å². The number of rotatable bonds is 5. The topological polar surface area (TPSA) is 93.5 Å². The van der Waals surface area contributed by atoms with Crippen molar-refractivity contribution in [3.8, 4) is 6.07 Å². The number of hydrogen-bond acceptors (Lipinski definition) is 5. The van der Waals surface area contributed by atoms with E-state index in [4.69, 9.17) is 0 Å². The van der Waals surface area contributed by atoms with Gasteiger partial charge in [0, 0.05) is 37.4 Å². The Bertz CT molecular complexity index is 1430. The van der Waals surface area contributed by atoms with Crippen LogP contribution in [0.3, 0.4) is 0 Å². The summed E-state index contributed by atoms with van der Waals surface area (Å²) in [6.45, 7) is 3.05. The van der Waals surface area contributed by atoms with Crippen LogP contribution < -0.4 is 9.62 Å². The highest BCUT2D eigenvalue weighted by Crippen LogP contribution is 2.25. The SMILES string of the molecule is Cc1ccc(S(=O)(=O)Nc2cccc(C(=O)N3CCN(c4cccc(F)c4C#N)CC3)c2)cc1F. The molecule has 3 aromatic rings. The van der Waals surface area contributed by atoms with Crippen LogP contribution in [0, 0.1) is 29.9 Å². The highest BCUT2D eigenvalue weighted by atomic mass is 32.2. The lowest BCUT2D eigenvalue weighted by molar-refractivity contribution is 0.0746. The molecule has 10 heteroatoms. The number of piperazine rings is 1. The number of carbonyl (C=O) groups is 1. The molecule has 1 aliphatic rings. The summed E-state index contributed by atoms with van der Waals surface area (Å²) in [5.41, 5.74) is 1.26. The maximum absolute atomic E-state index is 14.0. The Morgan fingerprint density at radius 1 is 0.971 bits per heavy atom. The Labute approximate surface area is 202 Å². The second-order valence-corrected chi connectivity index (χ2v) is 9.80. The predicted molar refractivity (Wildman–Crippen MR) is 128 cm³/mol. The van der Waals surface area contributed by atoms with Crippen molar-refractivity contribution in [1.29, 1.82) is 5.26 Å². The predicted octanol–water partition coefficient (Wildman–Crippen LogP) is 3.91. The maximum Gasteiger partial charge on any atom is 0.261 e. The molecule has 0 saturated carbocycles. The molecule has 0 bridgehead atoms. The molecule has 35 heavy (non-hydrogen) atoms. The molecule has 1 amide bonds. The summed E-state index contributed by atoms with van der Waals surface area (Å²) in [5, 5.41) is 9.28. The molecule has 1 saturated heterocycles. The van der Waals surface area contributed by atoms with E-state index in [1.54, 1.807) is 29.2 Å². The largest absolute Gasteiger partial charge is 0.367 e. The van der Waals surface area contributed by atoms with Crippen molar-refractivity contribution in [2.75, 3.05) is 35.8 Å². The van der Waals surface area contributed by atoms with Crippen LogP contribution in [-0.4, -0.2) is 45.4 Å². The zero-order chi connectivity index (χ0) is 25.2. The van der Waals surface area contributed by atoms with Gasteiger partial charge in [0.05, 0.1) is 10.6 Å². The first-order valence-electron chi connectivity index (χ1n) is 10.8. The third kappa shape index (κ3) is 5.10. The van der Waals surface area contributed by atoms with Gasteiger partial charge < -0.3 is 9.80 Å². The Kier molecular flexibility index (Phi) is 6.71. The molecule has 1 heterocycles. The molecule has 1 N–H and O–H groups in total. The summed E-state index contributed by atoms with van der Waals surface area (Å²) in [7, 11) is -4.05. The van der Waals surface area contributed by atoms with Gasteiger partial charge in [0.25, 0.3) is 15.9 Å². The van der Waals surface area contributed by atoms with E-state index in [2.05, 4.69) is 4.72 Å². The highest BCUT2D eigenvalue weighted by molar-refractivity contribution is 7.92. The van der Waals surface area contributed by atoms with Gasteiger partial charge in [-0.1, -0.05) is 18.2 Å². The van der Waals surface area contributed by atoms with Crippen molar-refractivity contribution in [3.05, 3.63) is 89.0 Å². The van der Waals surface area contributed by atoms with E-state index in [9.17, 15) is 27.3 Å². The third-order valence-electron chi connectivity index (χ3n) is 5.83. The fraction of sp³-hybridized carbons (Fsp3) is 0.200. The second-order valence-electron chi connectivity index (χ2n) is 8.12. The average Bonchev–Trinajstić information content (AvgIpc) is 2.85. The van der Waals surface area contributed by atoms with Crippen LogP contribution in [0.5, 0.6) is 0 Å². The number of nitriles is 1.